The summed E-state index contributed by atoms with van der Waals surface area (Å²) in [6.45, 7) is 0.729. The summed E-state index contributed by atoms with van der Waals surface area (Å²) in [6, 6.07) is 10.6. The van der Waals surface area contributed by atoms with Crippen molar-refractivity contribution in [2.24, 2.45) is 0 Å². The van der Waals surface area contributed by atoms with Crippen molar-refractivity contribution >= 4 is 7.25 Å². The van der Waals surface area contributed by atoms with Crippen LogP contribution in [0.4, 0.5) is 17.3 Å². The highest BCUT2D eigenvalue weighted by atomic mass is 127. The van der Waals surface area contributed by atoms with Crippen LogP contribution in [-0.2, 0) is 4.74 Å². The van der Waals surface area contributed by atoms with Gasteiger partial charge in [0.05, 0.1) is 6.61 Å². The van der Waals surface area contributed by atoms with Crippen LogP contribution in [0.1, 0.15) is 0 Å². The molecule has 0 atom stereocenters. The number of rotatable bonds is 4. The molecule has 0 saturated carbocycles. The van der Waals surface area contributed by atoms with Crippen LogP contribution < -0.4 is 21.2 Å². The number of hydrogen-bond donors (Lipinski definition) is 0. The van der Waals surface area contributed by atoms with Crippen molar-refractivity contribution < 1.29 is 43.2 Å². The highest BCUT2D eigenvalue weighted by Gasteiger charge is 2.20. The molecule has 7 heteroatoms. The van der Waals surface area contributed by atoms with Gasteiger partial charge in [0.25, 0.3) is 0 Å². The van der Waals surface area contributed by atoms with Crippen LogP contribution in [-0.4, -0.2) is 21.0 Å². The van der Waals surface area contributed by atoms with Gasteiger partial charge in [0.15, 0.2) is 7.65 Å². The van der Waals surface area contributed by atoms with Crippen LogP contribution in [0.5, 0.6) is 0 Å². The van der Waals surface area contributed by atoms with Crippen molar-refractivity contribution in [2.45, 2.75) is 0 Å². The zero-order valence-electron chi connectivity index (χ0n) is 9.12. The fraction of sp³-hybridized carbons (Fsp3) is 0.200. The van der Waals surface area contributed by atoms with Crippen LogP contribution in [0.3, 0.4) is 0 Å². The Kier molecular flexibility index (Phi) is 9.15. The molecule has 0 unspecified atom stereocenters. The first kappa shape index (κ1) is 16.4. The molecule has 0 heterocycles. The van der Waals surface area contributed by atoms with Crippen molar-refractivity contribution in [3.8, 4) is 0 Å². The maximum atomic E-state index is 9.75. The number of benzene rings is 1. The van der Waals surface area contributed by atoms with E-state index < -0.39 is 7.25 Å². The summed E-state index contributed by atoms with van der Waals surface area (Å²) < 4.78 is 47.6. The van der Waals surface area contributed by atoms with Crippen LogP contribution in [0.15, 0.2) is 40.5 Å². The van der Waals surface area contributed by atoms with E-state index in [1.165, 1.54) is 3.57 Å². The van der Waals surface area contributed by atoms with Crippen molar-refractivity contribution in [3.05, 3.63) is 44.1 Å². The van der Waals surface area contributed by atoms with Crippen molar-refractivity contribution in [1.29, 1.82) is 0 Å². The number of methoxy groups -OCH3 is 1. The predicted molar refractivity (Wildman–Crippen MR) is 56.3 cm³/mol. The fourth-order valence-corrected chi connectivity index (χ4v) is 2.44. The summed E-state index contributed by atoms with van der Waals surface area (Å²) in [5.41, 5.74) is 0. The molecule has 0 bridgehead atoms. The molecule has 0 saturated heterocycles. The Morgan fingerprint density at radius 3 is 2.18 bits per heavy atom. The van der Waals surface area contributed by atoms with Crippen LogP contribution in [0.2, 0.25) is 0 Å². The van der Waals surface area contributed by atoms with Gasteiger partial charge in [0, 0.05) is 7.11 Å². The van der Waals surface area contributed by atoms with Gasteiger partial charge in [-0.25, -0.2) is 0 Å². The minimum atomic E-state index is -6.00. The average Bonchev–Trinajstić information content (AvgIpc) is 2.24. The Balaban J connectivity index is 0.000000437. The Labute approximate surface area is 108 Å². The third kappa shape index (κ3) is 15.4. The predicted octanol–water partition coefficient (Wildman–Crippen LogP) is 0.405. The zero-order valence-corrected chi connectivity index (χ0v) is 11.3. The van der Waals surface area contributed by atoms with E-state index in [9.17, 15) is 17.3 Å². The summed E-state index contributed by atoms with van der Waals surface area (Å²) in [6.07, 6.45) is 2.08. The molecular weight excluding hydrogens is 350 g/mol. The van der Waals surface area contributed by atoms with Gasteiger partial charge < -0.3 is 22.0 Å². The van der Waals surface area contributed by atoms with Crippen LogP contribution in [0.25, 0.3) is 0 Å². The van der Waals surface area contributed by atoms with E-state index in [0.29, 0.717) is 0 Å². The first-order valence-electron chi connectivity index (χ1n) is 4.63. The molecule has 0 aliphatic rings. The SMILES string of the molecule is COC/C=C/[I+]c1ccccc1.F[B-](F)(F)F. The van der Waals surface area contributed by atoms with Gasteiger partial charge in [0.1, 0.15) is 0 Å². The average molecular weight is 362 g/mol. The Hall–Kier alpha value is -0.565. The van der Waals surface area contributed by atoms with Crippen LogP contribution in [0, 0.1) is 3.57 Å². The summed E-state index contributed by atoms with van der Waals surface area (Å²) in [4.78, 5) is 0. The van der Waals surface area contributed by atoms with Gasteiger partial charge in [-0.1, -0.05) is 18.2 Å². The third-order valence-electron chi connectivity index (χ3n) is 1.27. The quantitative estimate of drug-likeness (QED) is 0.429. The smallest absolute Gasteiger partial charge is 0.418 e. The Bertz CT molecular complexity index is 310. The standard InChI is InChI=1S/C10H12IO.BF4/c1-12-9-5-8-11-10-6-3-2-4-7-10;2-1(3,4)5/h2-8H,9H2,1H3;/q+1;-1/b8-5+;. The Morgan fingerprint density at radius 1 is 1.18 bits per heavy atom. The van der Waals surface area contributed by atoms with Gasteiger partial charge >= 0.3 is 28.5 Å². The second-order valence-corrected chi connectivity index (χ2v) is 5.30. The minimum Gasteiger partial charge on any atom is -0.418 e. The van der Waals surface area contributed by atoms with E-state index in [1.807, 2.05) is 6.07 Å². The molecule has 17 heavy (non-hydrogen) atoms. The number of halogens is 5. The largest absolute Gasteiger partial charge is 0.673 e. The second-order valence-electron chi connectivity index (χ2n) is 2.72. The highest BCUT2D eigenvalue weighted by molar-refractivity contribution is 6.50. The van der Waals surface area contributed by atoms with Crippen molar-refractivity contribution in [1.82, 2.24) is 0 Å². The lowest BCUT2D eigenvalue weighted by Gasteiger charge is -1.94. The first-order chi connectivity index (χ1) is 7.93. The molecule has 0 aliphatic heterocycles. The summed E-state index contributed by atoms with van der Waals surface area (Å²) in [7, 11) is -4.29. The summed E-state index contributed by atoms with van der Waals surface area (Å²) in [5, 5.41) is 0. The van der Waals surface area contributed by atoms with E-state index in [-0.39, 0.29) is 21.2 Å². The van der Waals surface area contributed by atoms with E-state index >= 15 is 0 Å². The molecule has 0 radical (unpaired) electrons. The van der Waals surface area contributed by atoms with Crippen molar-refractivity contribution in [2.75, 3.05) is 13.7 Å². The molecule has 0 aromatic heterocycles. The molecule has 1 aromatic carbocycles. The maximum Gasteiger partial charge on any atom is 0.673 e. The molecule has 0 amide bonds. The Morgan fingerprint density at radius 2 is 1.71 bits per heavy atom. The van der Waals surface area contributed by atoms with Gasteiger partial charge in [0.2, 0.25) is 0 Å². The molecule has 1 nitrogen and oxygen atoms in total. The molecule has 0 fully saturated rings. The van der Waals surface area contributed by atoms with Gasteiger partial charge in [-0.2, -0.15) is 0 Å². The second kappa shape index (κ2) is 9.46. The van der Waals surface area contributed by atoms with Crippen molar-refractivity contribution in [3.63, 3.8) is 0 Å². The van der Waals surface area contributed by atoms with E-state index in [2.05, 4.69) is 34.4 Å². The molecule has 0 spiro atoms. The maximum absolute atomic E-state index is 9.75. The topological polar surface area (TPSA) is 9.23 Å². The number of ether oxygens (including phenoxy) is 1. The third-order valence-corrected chi connectivity index (χ3v) is 3.58. The van der Waals surface area contributed by atoms with Gasteiger partial charge in [-0.05, 0) is 18.2 Å². The normalized spacial score (nSPS) is 11.1. The monoisotopic (exact) mass is 362 g/mol. The summed E-state index contributed by atoms with van der Waals surface area (Å²) >= 11 is 0.0537. The molecule has 1 rings (SSSR count). The van der Waals surface area contributed by atoms with Crippen LogP contribution >= 0.6 is 0 Å². The summed E-state index contributed by atoms with van der Waals surface area (Å²) in [5.74, 6) is 0. The van der Waals surface area contributed by atoms with Gasteiger partial charge in [-0.3, -0.25) is 0 Å². The molecular formula is C10H12BF4IO. The van der Waals surface area contributed by atoms with Gasteiger partial charge in [-0.15, -0.1) is 0 Å². The van der Waals surface area contributed by atoms with E-state index in [1.54, 1.807) is 7.11 Å². The zero-order chi connectivity index (χ0) is 13.1. The number of hydrogen-bond acceptors (Lipinski definition) is 1. The lowest BCUT2D eigenvalue weighted by Crippen LogP contribution is -3.59. The van der Waals surface area contributed by atoms with E-state index in [4.69, 9.17) is 4.74 Å². The lowest BCUT2D eigenvalue weighted by atomic mass is 10.3. The molecule has 0 N–H and O–H groups in total. The van der Waals surface area contributed by atoms with E-state index in [0.717, 1.165) is 6.61 Å². The first-order valence-corrected chi connectivity index (χ1v) is 6.95. The minimum absolute atomic E-state index is 0.0537. The fourth-order valence-electron chi connectivity index (χ4n) is 0.737. The lowest BCUT2D eigenvalue weighted by molar-refractivity contribution is -0.557. The molecule has 96 valence electrons. The molecule has 1 aromatic rings. The molecule has 0 aliphatic carbocycles. The highest BCUT2D eigenvalue weighted by Crippen LogP contribution is 2.06.